The molecule has 2 aromatic rings. The van der Waals surface area contributed by atoms with Crippen LogP contribution < -0.4 is 4.72 Å². The number of aryl methyl sites for hydroxylation is 1. The van der Waals surface area contributed by atoms with Gasteiger partial charge in [0.25, 0.3) is 0 Å². The Morgan fingerprint density at radius 3 is 2.57 bits per heavy atom. The second kappa shape index (κ2) is 5.91. The van der Waals surface area contributed by atoms with Crippen molar-refractivity contribution in [1.29, 1.82) is 0 Å². The standard InChI is InChI=1S/C12H13BrN2O4S2/c1-6-10(12(16)17)15-7(2)11(6)21(18,19)14-5-8-3-4-9(13)20-8/h3-4,14-15H,5H2,1-2H3,(H,16,17). The summed E-state index contributed by atoms with van der Waals surface area (Å²) in [6.07, 6.45) is 0. The van der Waals surface area contributed by atoms with Gasteiger partial charge >= 0.3 is 5.97 Å². The number of carboxylic acid groups (broad SMARTS) is 1. The highest BCUT2D eigenvalue weighted by molar-refractivity contribution is 9.11. The fourth-order valence-electron chi connectivity index (χ4n) is 2.03. The van der Waals surface area contributed by atoms with Gasteiger partial charge in [-0.25, -0.2) is 17.9 Å². The average Bonchev–Trinajstić information content (AvgIpc) is 2.91. The molecule has 0 saturated carbocycles. The van der Waals surface area contributed by atoms with Crippen molar-refractivity contribution >= 4 is 43.3 Å². The molecule has 2 aromatic heterocycles. The Labute approximate surface area is 134 Å². The number of carboxylic acids is 1. The zero-order chi connectivity index (χ0) is 15.8. The number of sulfonamides is 1. The fraction of sp³-hybridized carbons (Fsp3) is 0.250. The van der Waals surface area contributed by atoms with Crippen molar-refractivity contribution in [3.05, 3.63) is 37.7 Å². The molecule has 0 amide bonds. The number of aromatic nitrogens is 1. The van der Waals surface area contributed by atoms with E-state index in [1.807, 2.05) is 12.1 Å². The lowest BCUT2D eigenvalue weighted by Crippen LogP contribution is -2.23. The largest absolute Gasteiger partial charge is 0.477 e. The molecular formula is C12H13BrN2O4S2. The molecule has 0 aliphatic heterocycles. The van der Waals surface area contributed by atoms with Crippen molar-refractivity contribution < 1.29 is 18.3 Å². The first-order valence-electron chi connectivity index (χ1n) is 5.88. The van der Waals surface area contributed by atoms with Crippen molar-refractivity contribution in [2.75, 3.05) is 0 Å². The second-order valence-electron chi connectivity index (χ2n) is 4.41. The summed E-state index contributed by atoms with van der Waals surface area (Å²) in [6.45, 7) is 3.17. The first-order chi connectivity index (χ1) is 9.72. The molecule has 21 heavy (non-hydrogen) atoms. The van der Waals surface area contributed by atoms with E-state index < -0.39 is 16.0 Å². The normalized spacial score (nSPS) is 11.8. The maximum Gasteiger partial charge on any atom is 0.352 e. The molecule has 114 valence electrons. The maximum absolute atomic E-state index is 12.4. The molecular weight excluding hydrogens is 380 g/mol. The average molecular weight is 393 g/mol. The highest BCUT2D eigenvalue weighted by Gasteiger charge is 2.26. The molecule has 0 aliphatic carbocycles. The number of carbonyl (C=O) groups is 1. The number of thiophene rings is 1. The van der Waals surface area contributed by atoms with Gasteiger partial charge in [-0.15, -0.1) is 11.3 Å². The Hall–Kier alpha value is -1.16. The Kier molecular flexibility index (Phi) is 4.57. The van der Waals surface area contributed by atoms with Crippen LogP contribution in [0.15, 0.2) is 20.8 Å². The van der Waals surface area contributed by atoms with Crippen molar-refractivity contribution in [3.63, 3.8) is 0 Å². The third kappa shape index (κ3) is 3.37. The van der Waals surface area contributed by atoms with Crippen LogP contribution in [0.25, 0.3) is 0 Å². The van der Waals surface area contributed by atoms with E-state index in [0.717, 1.165) is 8.66 Å². The van der Waals surface area contributed by atoms with Crippen LogP contribution in [-0.4, -0.2) is 24.5 Å². The van der Waals surface area contributed by atoms with E-state index in [9.17, 15) is 13.2 Å². The first-order valence-corrected chi connectivity index (χ1v) is 8.98. The lowest BCUT2D eigenvalue weighted by atomic mass is 10.2. The summed E-state index contributed by atoms with van der Waals surface area (Å²) in [5.74, 6) is -1.18. The van der Waals surface area contributed by atoms with Gasteiger partial charge in [-0.05, 0) is 41.9 Å². The van der Waals surface area contributed by atoms with E-state index in [4.69, 9.17) is 5.11 Å². The SMILES string of the molecule is Cc1[nH]c(C(=O)O)c(C)c1S(=O)(=O)NCc1ccc(Br)s1. The molecule has 0 fully saturated rings. The molecule has 2 rings (SSSR count). The zero-order valence-electron chi connectivity index (χ0n) is 11.2. The molecule has 0 bridgehead atoms. The monoisotopic (exact) mass is 392 g/mol. The minimum absolute atomic E-state index is 0.00415. The summed E-state index contributed by atoms with van der Waals surface area (Å²) in [5, 5.41) is 9.03. The molecule has 0 spiro atoms. The smallest absolute Gasteiger partial charge is 0.352 e. The van der Waals surface area contributed by atoms with Gasteiger partial charge in [0.15, 0.2) is 0 Å². The third-order valence-corrected chi connectivity index (χ3v) is 6.21. The quantitative estimate of drug-likeness (QED) is 0.727. The number of rotatable bonds is 5. The lowest BCUT2D eigenvalue weighted by molar-refractivity contribution is 0.0690. The molecule has 0 aromatic carbocycles. The van der Waals surface area contributed by atoms with Crippen molar-refractivity contribution in [1.82, 2.24) is 9.71 Å². The van der Waals surface area contributed by atoms with E-state index in [-0.39, 0.29) is 22.7 Å². The number of hydrogen-bond acceptors (Lipinski definition) is 4. The van der Waals surface area contributed by atoms with Crippen LogP contribution >= 0.6 is 27.3 Å². The van der Waals surface area contributed by atoms with Crippen molar-refractivity contribution in [2.45, 2.75) is 25.3 Å². The zero-order valence-corrected chi connectivity index (χ0v) is 14.4. The Bertz CT molecular complexity index is 792. The van der Waals surface area contributed by atoms with Gasteiger partial charge in [-0.3, -0.25) is 0 Å². The van der Waals surface area contributed by atoms with Crippen LogP contribution in [0, 0.1) is 13.8 Å². The van der Waals surface area contributed by atoms with Gasteiger partial charge in [0.2, 0.25) is 10.0 Å². The third-order valence-electron chi connectivity index (χ3n) is 2.92. The number of aromatic amines is 1. The molecule has 0 atom stereocenters. The molecule has 6 nitrogen and oxygen atoms in total. The fourth-order valence-corrected chi connectivity index (χ4v) is 5.00. The number of hydrogen-bond donors (Lipinski definition) is 3. The Balaban J connectivity index is 2.29. The second-order valence-corrected chi connectivity index (χ2v) is 8.67. The van der Waals surface area contributed by atoms with E-state index in [0.29, 0.717) is 5.69 Å². The van der Waals surface area contributed by atoms with Crippen LogP contribution in [-0.2, 0) is 16.6 Å². The van der Waals surface area contributed by atoms with Gasteiger partial charge in [0, 0.05) is 22.7 Å². The Morgan fingerprint density at radius 1 is 1.43 bits per heavy atom. The summed E-state index contributed by atoms with van der Waals surface area (Å²) in [5.41, 5.74) is 0.413. The van der Waals surface area contributed by atoms with Crippen LogP contribution in [0.2, 0.25) is 0 Å². The number of nitrogens with one attached hydrogen (secondary N) is 2. The minimum atomic E-state index is -3.78. The van der Waals surface area contributed by atoms with E-state index in [1.165, 1.54) is 25.2 Å². The molecule has 0 saturated heterocycles. The number of aromatic carboxylic acids is 1. The summed E-state index contributed by atoms with van der Waals surface area (Å²) >= 11 is 4.74. The van der Waals surface area contributed by atoms with Crippen LogP contribution in [0.5, 0.6) is 0 Å². The molecule has 0 unspecified atom stereocenters. The van der Waals surface area contributed by atoms with Crippen molar-refractivity contribution in [2.24, 2.45) is 0 Å². The van der Waals surface area contributed by atoms with E-state index in [1.54, 1.807) is 0 Å². The topological polar surface area (TPSA) is 99.3 Å². The van der Waals surface area contributed by atoms with Crippen molar-refractivity contribution in [3.8, 4) is 0 Å². The van der Waals surface area contributed by atoms with Gasteiger partial charge in [-0.2, -0.15) is 0 Å². The van der Waals surface area contributed by atoms with E-state index in [2.05, 4.69) is 25.6 Å². The van der Waals surface area contributed by atoms with Gasteiger partial charge < -0.3 is 10.1 Å². The van der Waals surface area contributed by atoms with Crippen LogP contribution in [0.3, 0.4) is 0 Å². The van der Waals surface area contributed by atoms with E-state index >= 15 is 0 Å². The van der Waals surface area contributed by atoms with Crippen LogP contribution in [0.4, 0.5) is 0 Å². The minimum Gasteiger partial charge on any atom is -0.477 e. The summed E-state index contributed by atoms with van der Waals surface area (Å²) < 4.78 is 28.1. The molecule has 2 heterocycles. The molecule has 9 heteroatoms. The highest BCUT2D eigenvalue weighted by atomic mass is 79.9. The predicted molar refractivity (Wildman–Crippen MR) is 83.3 cm³/mol. The predicted octanol–water partition coefficient (Wildman–Crippen LogP) is 2.63. The van der Waals surface area contributed by atoms with Gasteiger partial charge in [0.05, 0.1) is 3.79 Å². The summed E-state index contributed by atoms with van der Waals surface area (Å²) in [7, 11) is -3.78. The summed E-state index contributed by atoms with van der Waals surface area (Å²) in [4.78, 5) is 14.5. The number of halogens is 1. The summed E-state index contributed by atoms with van der Waals surface area (Å²) in [6, 6.07) is 3.65. The lowest BCUT2D eigenvalue weighted by Gasteiger charge is -2.06. The van der Waals surface area contributed by atoms with Gasteiger partial charge in [-0.1, -0.05) is 0 Å². The van der Waals surface area contributed by atoms with Crippen LogP contribution in [0.1, 0.15) is 26.6 Å². The Morgan fingerprint density at radius 2 is 2.10 bits per heavy atom. The highest BCUT2D eigenvalue weighted by Crippen LogP contribution is 2.25. The maximum atomic E-state index is 12.4. The molecule has 0 aliphatic rings. The van der Waals surface area contributed by atoms with Gasteiger partial charge in [0.1, 0.15) is 10.6 Å². The molecule has 3 N–H and O–H groups in total. The number of H-pyrrole nitrogens is 1. The molecule has 0 radical (unpaired) electrons. The first kappa shape index (κ1) is 16.2.